The molecule has 1 aromatic heterocycles. The third-order valence-corrected chi connectivity index (χ3v) is 6.10. The van der Waals surface area contributed by atoms with E-state index in [9.17, 15) is 13.2 Å². The largest absolute Gasteiger partial charge is 0.467 e. The average Bonchev–Trinajstić information content (AvgIpc) is 3.16. The van der Waals surface area contributed by atoms with E-state index in [0.29, 0.717) is 18.7 Å². The normalized spacial score (nSPS) is 19.3. The highest BCUT2D eigenvalue weighted by atomic mass is 32.2. The zero-order valence-corrected chi connectivity index (χ0v) is 14.5. The van der Waals surface area contributed by atoms with Crippen molar-refractivity contribution < 1.29 is 17.6 Å². The van der Waals surface area contributed by atoms with Crippen LogP contribution in [-0.4, -0.2) is 36.8 Å². The van der Waals surface area contributed by atoms with Crippen LogP contribution in [0.3, 0.4) is 0 Å². The summed E-state index contributed by atoms with van der Waals surface area (Å²) in [6.45, 7) is 2.30. The fraction of sp³-hybridized carbons (Fsp3) is 0.389. The second-order valence-corrected chi connectivity index (χ2v) is 8.55. The Labute approximate surface area is 142 Å². The van der Waals surface area contributed by atoms with E-state index in [-0.39, 0.29) is 29.9 Å². The Morgan fingerprint density at radius 2 is 2.00 bits per heavy atom. The predicted octanol–water partition coefficient (Wildman–Crippen LogP) is 2.35. The quantitative estimate of drug-likeness (QED) is 0.833. The number of nitrogens with zero attached hydrogens (tertiary/aromatic N) is 1. The number of rotatable bonds is 5. The van der Waals surface area contributed by atoms with Crippen LogP contribution in [0.1, 0.15) is 23.3 Å². The fourth-order valence-electron chi connectivity index (χ4n) is 2.99. The SMILES string of the molecule is Cc1ccc(CC(=O)N(Cc2ccco2)[C@H]2CCS(=O)(=O)C2)cc1. The number of amides is 1. The summed E-state index contributed by atoms with van der Waals surface area (Å²) in [6.07, 6.45) is 2.31. The number of hydrogen-bond donors (Lipinski definition) is 0. The zero-order valence-electron chi connectivity index (χ0n) is 13.6. The van der Waals surface area contributed by atoms with Gasteiger partial charge in [0.25, 0.3) is 0 Å². The van der Waals surface area contributed by atoms with Gasteiger partial charge in [-0.15, -0.1) is 0 Å². The van der Waals surface area contributed by atoms with Gasteiger partial charge in [-0.25, -0.2) is 8.42 Å². The molecule has 0 radical (unpaired) electrons. The number of carbonyl (C=O) groups excluding carboxylic acids is 1. The van der Waals surface area contributed by atoms with Crippen molar-refractivity contribution in [1.29, 1.82) is 0 Å². The Balaban J connectivity index is 1.78. The summed E-state index contributed by atoms with van der Waals surface area (Å²) in [5.74, 6) is 0.770. The van der Waals surface area contributed by atoms with Crippen molar-refractivity contribution in [3.63, 3.8) is 0 Å². The van der Waals surface area contributed by atoms with Crippen molar-refractivity contribution in [3.05, 3.63) is 59.5 Å². The molecule has 128 valence electrons. The van der Waals surface area contributed by atoms with Gasteiger partial charge in [0.15, 0.2) is 9.84 Å². The molecule has 1 fully saturated rings. The van der Waals surface area contributed by atoms with E-state index in [1.54, 1.807) is 23.3 Å². The zero-order chi connectivity index (χ0) is 17.2. The van der Waals surface area contributed by atoms with Crippen LogP contribution in [0.2, 0.25) is 0 Å². The molecule has 3 rings (SSSR count). The van der Waals surface area contributed by atoms with Crippen LogP contribution < -0.4 is 0 Å². The highest BCUT2D eigenvalue weighted by molar-refractivity contribution is 7.91. The molecule has 0 N–H and O–H groups in total. The molecule has 0 spiro atoms. The van der Waals surface area contributed by atoms with Crippen LogP contribution in [0.4, 0.5) is 0 Å². The maximum absolute atomic E-state index is 12.8. The van der Waals surface area contributed by atoms with Crippen LogP contribution in [0.15, 0.2) is 47.1 Å². The lowest BCUT2D eigenvalue weighted by Crippen LogP contribution is -2.41. The third kappa shape index (κ3) is 4.06. The highest BCUT2D eigenvalue weighted by Gasteiger charge is 2.34. The summed E-state index contributed by atoms with van der Waals surface area (Å²) in [5, 5.41) is 0. The monoisotopic (exact) mass is 347 g/mol. The van der Waals surface area contributed by atoms with Crippen molar-refractivity contribution in [1.82, 2.24) is 4.90 Å². The van der Waals surface area contributed by atoms with Crippen molar-refractivity contribution in [2.24, 2.45) is 0 Å². The summed E-state index contributed by atoms with van der Waals surface area (Å²) in [6, 6.07) is 11.1. The van der Waals surface area contributed by atoms with Crippen molar-refractivity contribution in [2.75, 3.05) is 11.5 Å². The summed E-state index contributed by atoms with van der Waals surface area (Å²) >= 11 is 0. The Hall–Kier alpha value is -2.08. The first-order valence-electron chi connectivity index (χ1n) is 8.01. The van der Waals surface area contributed by atoms with Gasteiger partial charge in [0.1, 0.15) is 5.76 Å². The Morgan fingerprint density at radius 1 is 1.25 bits per heavy atom. The van der Waals surface area contributed by atoms with Gasteiger partial charge in [0, 0.05) is 6.04 Å². The van der Waals surface area contributed by atoms with Crippen LogP contribution in [-0.2, 0) is 27.6 Å². The molecule has 24 heavy (non-hydrogen) atoms. The number of sulfone groups is 1. The minimum atomic E-state index is -3.06. The molecule has 0 unspecified atom stereocenters. The number of hydrogen-bond acceptors (Lipinski definition) is 4. The van der Waals surface area contributed by atoms with E-state index in [1.807, 2.05) is 31.2 Å². The maximum Gasteiger partial charge on any atom is 0.227 e. The predicted molar refractivity (Wildman–Crippen MR) is 91.2 cm³/mol. The van der Waals surface area contributed by atoms with Crippen LogP contribution in [0.5, 0.6) is 0 Å². The molecule has 5 nitrogen and oxygen atoms in total. The van der Waals surface area contributed by atoms with E-state index in [2.05, 4.69) is 0 Å². The molecule has 2 aromatic rings. The minimum Gasteiger partial charge on any atom is -0.467 e. The lowest BCUT2D eigenvalue weighted by Gasteiger charge is -2.27. The van der Waals surface area contributed by atoms with E-state index in [0.717, 1.165) is 11.1 Å². The summed E-state index contributed by atoms with van der Waals surface area (Å²) in [4.78, 5) is 14.5. The van der Waals surface area contributed by atoms with Gasteiger partial charge in [-0.1, -0.05) is 29.8 Å². The first-order valence-corrected chi connectivity index (χ1v) is 9.83. The Morgan fingerprint density at radius 3 is 2.58 bits per heavy atom. The molecule has 1 saturated heterocycles. The highest BCUT2D eigenvalue weighted by Crippen LogP contribution is 2.21. The van der Waals surface area contributed by atoms with Gasteiger partial charge in [-0.05, 0) is 31.0 Å². The standard InChI is InChI=1S/C18H21NO4S/c1-14-4-6-15(7-5-14)11-18(20)19(12-17-3-2-9-23-17)16-8-10-24(21,22)13-16/h2-7,9,16H,8,10-13H2,1H3/t16-/m0/s1. The molecule has 1 amide bonds. The smallest absolute Gasteiger partial charge is 0.227 e. The second kappa shape index (κ2) is 6.81. The van der Waals surface area contributed by atoms with Crippen molar-refractivity contribution >= 4 is 15.7 Å². The molecular formula is C18H21NO4S. The minimum absolute atomic E-state index is 0.0351. The first-order chi connectivity index (χ1) is 11.4. The van der Waals surface area contributed by atoms with Gasteiger partial charge in [-0.3, -0.25) is 4.79 Å². The molecule has 1 aliphatic heterocycles. The van der Waals surface area contributed by atoms with Crippen molar-refractivity contribution in [3.8, 4) is 0 Å². The molecule has 1 aromatic carbocycles. The number of carbonyl (C=O) groups is 1. The van der Waals surface area contributed by atoms with Gasteiger partial charge in [0.2, 0.25) is 5.91 Å². The molecule has 1 atom stereocenters. The van der Waals surface area contributed by atoms with Gasteiger partial charge in [-0.2, -0.15) is 0 Å². The molecule has 0 saturated carbocycles. The van der Waals surface area contributed by atoms with Gasteiger partial charge < -0.3 is 9.32 Å². The summed E-state index contributed by atoms with van der Waals surface area (Å²) in [7, 11) is -3.06. The molecule has 6 heteroatoms. The van der Waals surface area contributed by atoms with E-state index in [1.165, 1.54) is 0 Å². The number of furan rings is 1. The lowest BCUT2D eigenvalue weighted by molar-refractivity contribution is -0.133. The average molecular weight is 347 g/mol. The second-order valence-electron chi connectivity index (χ2n) is 6.32. The van der Waals surface area contributed by atoms with Crippen LogP contribution in [0.25, 0.3) is 0 Å². The van der Waals surface area contributed by atoms with E-state index < -0.39 is 9.84 Å². The summed E-state index contributed by atoms with van der Waals surface area (Å²) in [5.41, 5.74) is 2.07. The van der Waals surface area contributed by atoms with E-state index in [4.69, 9.17) is 4.42 Å². The van der Waals surface area contributed by atoms with Crippen LogP contribution >= 0.6 is 0 Å². The molecule has 1 aliphatic rings. The van der Waals surface area contributed by atoms with Crippen LogP contribution in [0, 0.1) is 6.92 Å². The Bertz CT molecular complexity index is 794. The maximum atomic E-state index is 12.8. The topological polar surface area (TPSA) is 67.6 Å². The first kappa shape index (κ1) is 16.8. The number of aryl methyl sites for hydroxylation is 1. The molecular weight excluding hydrogens is 326 g/mol. The van der Waals surface area contributed by atoms with Crippen molar-refractivity contribution in [2.45, 2.75) is 32.4 Å². The summed E-state index contributed by atoms with van der Waals surface area (Å²) < 4.78 is 29.0. The van der Waals surface area contributed by atoms with Gasteiger partial charge in [0.05, 0.1) is 30.7 Å². The molecule has 0 bridgehead atoms. The van der Waals surface area contributed by atoms with E-state index >= 15 is 0 Å². The van der Waals surface area contributed by atoms with Gasteiger partial charge >= 0.3 is 0 Å². The molecule has 0 aliphatic carbocycles. The molecule has 2 heterocycles. The fourth-order valence-corrected chi connectivity index (χ4v) is 4.73. The number of benzene rings is 1. The third-order valence-electron chi connectivity index (χ3n) is 4.35. The lowest BCUT2D eigenvalue weighted by atomic mass is 10.1. The Kier molecular flexibility index (Phi) is 4.76.